The van der Waals surface area contributed by atoms with Gasteiger partial charge in [0.05, 0.1) is 18.1 Å². The molecule has 3 heterocycles. The van der Waals surface area contributed by atoms with Gasteiger partial charge in [0, 0.05) is 34.1 Å². The molecular formula is C18H25N5O2. The highest BCUT2D eigenvalue weighted by Crippen LogP contribution is 2.22. The molecule has 1 atom stereocenters. The standard InChI is InChI=1S/C18H25N5O2/c1-13-21-16(12-25-13)18(24)23-7-4-5-14(6-8-23)9-15-10-20-17(11-19-15)22(2)3/h10-12,14H,4-9H2,1-3H3/t14-/m0/s1. The molecule has 1 amide bonds. The molecule has 3 rings (SSSR count). The fourth-order valence-corrected chi connectivity index (χ4v) is 3.18. The maximum atomic E-state index is 12.5. The molecule has 7 nitrogen and oxygen atoms in total. The van der Waals surface area contributed by atoms with Gasteiger partial charge in [0.1, 0.15) is 12.1 Å². The van der Waals surface area contributed by atoms with Crippen LogP contribution in [0.1, 0.15) is 41.3 Å². The Morgan fingerprint density at radius 1 is 1.28 bits per heavy atom. The molecule has 1 saturated heterocycles. The number of nitrogens with zero attached hydrogens (tertiary/aromatic N) is 5. The van der Waals surface area contributed by atoms with Crippen LogP contribution in [0.5, 0.6) is 0 Å². The van der Waals surface area contributed by atoms with Gasteiger partial charge in [-0.05, 0) is 31.6 Å². The number of anilines is 1. The van der Waals surface area contributed by atoms with Crippen LogP contribution in [-0.4, -0.2) is 52.9 Å². The maximum Gasteiger partial charge on any atom is 0.275 e. The van der Waals surface area contributed by atoms with E-state index in [1.54, 1.807) is 6.92 Å². The van der Waals surface area contributed by atoms with Crippen molar-refractivity contribution in [3.63, 3.8) is 0 Å². The van der Waals surface area contributed by atoms with Crippen LogP contribution in [0.2, 0.25) is 0 Å². The molecule has 134 valence electrons. The lowest BCUT2D eigenvalue weighted by molar-refractivity contribution is 0.0754. The van der Waals surface area contributed by atoms with Gasteiger partial charge in [0.15, 0.2) is 11.6 Å². The molecule has 1 fully saturated rings. The topological polar surface area (TPSA) is 75.4 Å². The number of amides is 1. The number of hydrogen-bond donors (Lipinski definition) is 0. The first-order valence-corrected chi connectivity index (χ1v) is 8.72. The van der Waals surface area contributed by atoms with E-state index in [0.717, 1.165) is 50.3 Å². The molecule has 0 radical (unpaired) electrons. The summed E-state index contributed by atoms with van der Waals surface area (Å²) >= 11 is 0. The number of hydrogen-bond acceptors (Lipinski definition) is 6. The average molecular weight is 343 g/mol. The van der Waals surface area contributed by atoms with Crippen molar-refractivity contribution in [3.05, 3.63) is 35.9 Å². The van der Waals surface area contributed by atoms with Gasteiger partial charge in [-0.3, -0.25) is 9.78 Å². The van der Waals surface area contributed by atoms with Gasteiger partial charge in [0.2, 0.25) is 0 Å². The van der Waals surface area contributed by atoms with E-state index in [2.05, 4.69) is 15.0 Å². The van der Waals surface area contributed by atoms with Crippen LogP contribution in [-0.2, 0) is 6.42 Å². The zero-order chi connectivity index (χ0) is 17.8. The second kappa shape index (κ2) is 7.63. The van der Waals surface area contributed by atoms with E-state index >= 15 is 0 Å². The van der Waals surface area contributed by atoms with Crippen LogP contribution in [0, 0.1) is 12.8 Å². The van der Waals surface area contributed by atoms with Crippen molar-refractivity contribution in [3.8, 4) is 0 Å². The van der Waals surface area contributed by atoms with E-state index in [9.17, 15) is 4.79 Å². The predicted octanol–water partition coefficient (Wildman–Crippen LogP) is 2.32. The van der Waals surface area contributed by atoms with E-state index in [1.165, 1.54) is 6.26 Å². The minimum atomic E-state index is -0.0346. The van der Waals surface area contributed by atoms with Crippen LogP contribution in [0.25, 0.3) is 0 Å². The summed E-state index contributed by atoms with van der Waals surface area (Å²) in [4.78, 5) is 29.4. The number of carbonyl (C=O) groups excluding carboxylic acids is 1. The molecule has 0 N–H and O–H groups in total. The molecular weight excluding hydrogens is 318 g/mol. The second-order valence-corrected chi connectivity index (χ2v) is 6.81. The molecule has 0 aliphatic carbocycles. The van der Waals surface area contributed by atoms with Crippen LogP contribution < -0.4 is 4.90 Å². The van der Waals surface area contributed by atoms with Crippen molar-refractivity contribution in [1.82, 2.24) is 19.9 Å². The van der Waals surface area contributed by atoms with E-state index in [0.29, 0.717) is 17.5 Å². The predicted molar refractivity (Wildman–Crippen MR) is 94.5 cm³/mol. The van der Waals surface area contributed by atoms with Crippen LogP contribution in [0.4, 0.5) is 5.82 Å². The van der Waals surface area contributed by atoms with Gasteiger partial charge in [-0.15, -0.1) is 0 Å². The molecule has 1 aliphatic heterocycles. The summed E-state index contributed by atoms with van der Waals surface area (Å²) in [5.41, 5.74) is 1.42. The summed E-state index contributed by atoms with van der Waals surface area (Å²) < 4.78 is 5.16. The quantitative estimate of drug-likeness (QED) is 0.848. The molecule has 2 aromatic rings. The van der Waals surface area contributed by atoms with E-state index < -0.39 is 0 Å². The number of aryl methyl sites for hydroxylation is 1. The molecule has 7 heteroatoms. The molecule has 0 saturated carbocycles. The Morgan fingerprint density at radius 3 is 2.76 bits per heavy atom. The van der Waals surface area contributed by atoms with Crippen molar-refractivity contribution >= 4 is 11.7 Å². The third kappa shape index (κ3) is 4.35. The summed E-state index contributed by atoms with van der Waals surface area (Å²) in [6, 6.07) is 0. The Labute approximate surface area is 148 Å². The SMILES string of the molecule is Cc1nc(C(=O)N2CCC[C@H](Cc3cnc(N(C)C)cn3)CC2)co1. The summed E-state index contributed by atoms with van der Waals surface area (Å²) in [5, 5.41) is 0. The van der Waals surface area contributed by atoms with Crippen LogP contribution in [0.15, 0.2) is 23.1 Å². The molecule has 2 aromatic heterocycles. The van der Waals surface area contributed by atoms with Gasteiger partial charge in [-0.25, -0.2) is 9.97 Å². The summed E-state index contributed by atoms with van der Waals surface area (Å²) in [7, 11) is 3.91. The van der Waals surface area contributed by atoms with Crippen LogP contribution in [0.3, 0.4) is 0 Å². The highest BCUT2D eigenvalue weighted by atomic mass is 16.3. The Balaban J connectivity index is 1.57. The molecule has 25 heavy (non-hydrogen) atoms. The Bertz CT molecular complexity index is 711. The second-order valence-electron chi connectivity index (χ2n) is 6.81. The van der Waals surface area contributed by atoms with E-state index in [1.807, 2.05) is 36.3 Å². The molecule has 0 aromatic carbocycles. The third-order valence-electron chi connectivity index (χ3n) is 4.62. The normalized spacial score (nSPS) is 18.0. The molecule has 0 spiro atoms. The first kappa shape index (κ1) is 17.4. The first-order valence-electron chi connectivity index (χ1n) is 8.72. The Kier molecular flexibility index (Phi) is 5.31. The van der Waals surface area contributed by atoms with E-state index in [-0.39, 0.29) is 5.91 Å². The number of likely N-dealkylation sites (tertiary alicyclic amines) is 1. The largest absolute Gasteiger partial charge is 0.448 e. The Hall–Kier alpha value is -2.44. The summed E-state index contributed by atoms with van der Waals surface area (Å²) in [5.74, 6) is 1.88. The summed E-state index contributed by atoms with van der Waals surface area (Å²) in [6.07, 6.45) is 9.10. The van der Waals surface area contributed by atoms with Gasteiger partial charge in [-0.1, -0.05) is 0 Å². The van der Waals surface area contributed by atoms with Gasteiger partial charge in [-0.2, -0.15) is 0 Å². The Morgan fingerprint density at radius 2 is 2.12 bits per heavy atom. The first-order chi connectivity index (χ1) is 12.0. The minimum Gasteiger partial charge on any atom is -0.448 e. The number of rotatable bonds is 4. The zero-order valence-corrected chi connectivity index (χ0v) is 15.1. The molecule has 0 bridgehead atoms. The van der Waals surface area contributed by atoms with Gasteiger partial charge in [0.25, 0.3) is 5.91 Å². The lowest BCUT2D eigenvalue weighted by Crippen LogP contribution is -2.32. The molecule has 1 aliphatic rings. The van der Waals surface area contributed by atoms with Crippen LogP contribution >= 0.6 is 0 Å². The fourth-order valence-electron chi connectivity index (χ4n) is 3.18. The highest BCUT2D eigenvalue weighted by Gasteiger charge is 2.23. The summed E-state index contributed by atoms with van der Waals surface area (Å²) in [6.45, 7) is 3.27. The zero-order valence-electron chi connectivity index (χ0n) is 15.1. The number of aromatic nitrogens is 3. The van der Waals surface area contributed by atoms with E-state index in [4.69, 9.17) is 4.42 Å². The van der Waals surface area contributed by atoms with Gasteiger partial charge >= 0.3 is 0 Å². The average Bonchev–Trinajstić information content (AvgIpc) is 2.90. The fraction of sp³-hybridized carbons (Fsp3) is 0.556. The van der Waals surface area contributed by atoms with Crippen molar-refractivity contribution < 1.29 is 9.21 Å². The van der Waals surface area contributed by atoms with Crippen molar-refractivity contribution in [1.29, 1.82) is 0 Å². The van der Waals surface area contributed by atoms with Crippen molar-refractivity contribution in [2.45, 2.75) is 32.6 Å². The lowest BCUT2D eigenvalue weighted by Gasteiger charge is -2.19. The van der Waals surface area contributed by atoms with Crippen molar-refractivity contribution in [2.24, 2.45) is 5.92 Å². The van der Waals surface area contributed by atoms with Crippen molar-refractivity contribution in [2.75, 3.05) is 32.1 Å². The maximum absolute atomic E-state index is 12.5. The number of carbonyl (C=O) groups is 1. The van der Waals surface area contributed by atoms with Gasteiger partial charge < -0.3 is 14.2 Å². The third-order valence-corrected chi connectivity index (χ3v) is 4.62. The minimum absolute atomic E-state index is 0.0346. The smallest absolute Gasteiger partial charge is 0.275 e. The lowest BCUT2D eigenvalue weighted by atomic mass is 9.95. The molecule has 0 unspecified atom stereocenters. The monoisotopic (exact) mass is 343 g/mol. The number of oxazole rings is 1. The highest BCUT2D eigenvalue weighted by molar-refractivity contribution is 5.92.